The molecule has 0 amide bonds. The smallest absolute Gasteiger partial charge is 0.252 e. The summed E-state index contributed by atoms with van der Waals surface area (Å²) in [5, 5.41) is 3.59. The van der Waals surface area contributed by atoms with Gasteiger partial charge in [-0.3, -0.25) is 4.79 Å². The fraction of sp³-hybridized carbons (Fsp3) is 0.733. The fourth-order valence-electron chi connectivity index (χ4n) is 2.89. The Morgan fingerprint density at radius 1 is 1.50 bits per heavy atom. The molecule has 1 aromatic heterocycles. The van der Waals surface area contributed by atoms with Gasteiger partial charge in [-0.1, -0.05) is 6.92 Å². The lowest BCUT2D eigenvalue weighted by molar-refractivity contribution is 0.311. The lowest BCUT2D eigenvalue weighted by Gasteiger charge is -2.35. The van der Waals surface area contributed by atoms with Gasteiger partial charge in [0.05, 0.1) is 0 Å². The predicted octanol–water partition coefficient (Wildman–Crippen LogP) is 1.68. The molecule has 2 rings (SSSR count). The van der Waals surface area contributed by atoms with E-state index in [0.29, 0.717) is 11.9 Å². The molecule has 1 unspecified atom stereocenters. The molecule has 112 valence electrons. The van der Waals surface area contributed by atoms with Gasteiger partial charge in [0, 0.05) is 25.2 Å². The largest absolute Gasteiger partial charge is 0.356 e. The van der Waals surface area contributed by atoms with E-state index in [2.05, 4.69) is 34.0 Å². The average Bonchev–Trinajstić information content (AvgIpc) is 2.44. The highest BCUT2D eigenvalue weighted by atomic mass is 16.1. The molecule has 0 radical (unpaired) electrons. The molecule has 1 saturated heterocycles. The fourth-order valence-corrected chi connectivity index (χ4v) is 2.89. The maximum Gasteiger partial charge on any atom is 0.252 e. The van der Waals surface area contributed by atoms with E-state index in [9.17, 15) is 4.79 Å². The van der Waals surface area contributed by atoms with E-state index in [-0.39, 0.29) is 5.56 Å². The average molecular weight is 278 g/mol. The van der Waals surface area contributed by atoms with E-state index in [1.165, 1.54) is 6.42 Å². The van der Waals surface area contributed by atoms with Crippen LogP contribution in [0.4, 0.5) is 5.82 Å². The Balaban J connectivity index is 1.92. The summed E-state index contributed by atoms with van der Waals surface area (Å²) in [5.41, 5.74) is -0.0624. The lowest BCUT2D eigenvalue weighted by Crippen LogP contribution is -2.42. The Morgan fingerprint density at radius 2 is 2.20 bits per heavy atom. The van der Waals surface area contributed by atoms with Crippen LogP contribution in [0.3, 0.4) is 0 Å². The number of hydrogen-bond donors (Lipinski definition) is 2. The van der Waals surface area contributed by atoms with Crippen molar-refractivity contribution in [1.82, 2.24) is 15.3 Å². The van der Waals surface area contributed by atoms with E-state index in [0.717, 1.165) is 44.2 Å². The number of anilines is 1. The van der Waals surface area contributed by atoms with Gasteiger partial charge in [0.1, 0.15) is 11.6 Å². The summed E-state index contributed by atoms with van der Waals surface area (Å²) < 4.78 is 0. The first kappa shape index (κ1) is 15.0. The molecule has 1 aromatic rings. The maximum atomic E-state index is 11.5. The quantitative estimate of drug-likeness (QED) is 0.860. The van der Waals surface area contributed by atoms with Gasteiger partial charge in [-0.05, 0) is 45.6 Å². The number of aromatic amines is 1. The minimum atomic E-state index is -0.0624. The highest BCUT2D eigenvalue weighted by Gasteiger charge is 2.24. The van der Waals surface area contributed by atoms with Crippen LogP contribution in [0.15, 0.2) is 10.9 Å². The van der Waals surface area contributed by atoms with Crippen LogP contribution < -0.4 is 15.8 Å². The number of rotatable bonds is 5. The summed E-state index contributed by atoms with van der Waals surface area (Å²) >= 11 is 0. The molecular formula is C15H26N4O. The van der Waals surface area contributed by atoms with Crippen LogP contribution in [0.1, 0.15) is 38.9 Å². The summed E-state index contributed by atoms with van der Waals surface area (Å²) in [7, 11) is 0. The molecule has 2 N–H and O–H groups in total. The number of aromatic nitrogens is 2. The molecule has 0 aromatic carbocycles. The van der Waals surface area contributed by atoms with Crippen molar-refractivity contribution in [2.75, 3.05) is 24.5 Å². The van der Waals surface area contributed by atoms with Crippen molar-refractivity contribution in [2.45, 2.75) is 46.1 Å². The SMILES string of the molecule is CCCNC(C)C1CCN(c2cc(=O)[nH]c(C)n2)CC1. The zero-order chi connectivity index (χ0) is 14.5. The van der Waals surface area contributed by atoms with Crippen molar-refractivity contribution in [3.63, 3.8) is 0 Å². The van der Waals surface area contributed by atoms with Crippen molar-refractivity contribution >= 4 is 5.82 Å². The van der Waals surface area contributed by atoms with E-state index in [4.69, 9.17) is 0 Å². The van der Waals surface area contributed by atoms with Crippen LogP contribution in [0, 0.1) is 12.8 Å². The van der Waals surface area contributed by atoms with Gasteiger partial charge in [0.15, 0.2) is 0 Å². The first-order valence-corrected chi connectivity index (χ1v) is 7.66. The predicted molar refractivity (Wildman–Crippen MR) is 82.3 cm³/mol. The maximum absolute atomic E-state index is 11.5. The zero-order valence-electron chi connectivity index (χ0n) is 12.8. The van der Waals surface area contributed by atoms with E-state index < -0.39 is 0 Å². The van der Waals surface area contributed by atoms with Crippen molar-refractivity contribution < 1.29 is 0 Å². The van der Waals surface area contributed by atoms with Crippen LogP contribution in [0.2, 0.25) is 0 Å². The first-order valence-electron chi connectivity index (χ1n) is 7.66. The molecule has 1 aliphatic rings. The third-order valence-electron chi connectivity index (χ3n) is 4.13. The van der Waals surface area contributed by atoms with Gasteiger partial charge in [0.25, 0.3) is 5.56 Å². The van der Waals surface area contributed by atoms with Crippen LogP contribution in [-0.4, -0.2) is 35.6 Å². The van der Waals surface area contributed by atoms with Crippen LogP contribution >= 0.6 is 0 Å². The molecule has 5 nitrogen and oxygen atoms in total. The minimum absolute atomic E-state index is 0.0624. The molecule has 1 atom stereocenters. The van der Waals surface area contributed by atoms with E-state index in [1.54, 1.807) is 6.07 Å². The van der Waals surface area contributed by atoms with Crippen LogP contribution in [0.5, 0.6) is 0 Å². The van der Waals surface area contributed by atoms with Gasteiger partial charge in [-0.15, -0.1) is 0 Å². The van der Waals surface area contributed by atoms with Crippen molar-refractivity contribution in [3.05, 3.63) is 22.2 Å². The number of H-pyrrole nitrogens is 1. The van der Waals surface area contributed by atoms with Crippen LogP contribution in [-0.2, 0) is 0 Å². The van der Waals surface area contributed by atoms with Gasteiger partial charge in [-0.25, -0.2) is 4.98 Å². The molecule has 1 fully saturated rings. The van der Waals surface area contributed by atoms with Gasteiger partial charge in [-0.2, -0.15) is 0 Å². The summed E-state index contributed by atoms with van der Waals surface area (Å²) in [6.07, 6.45) is 3.50. The Hall–Kier alpha value is -1.36. The molecule has 0 aliphatic carbocycles. The molecule has 1 aliphatic heterocycles. The van der Waals surface area contributed by atoms with Crippen LogP contribution in [0.25, 0.3) is 0 Å². The molecule has 0 spiro atoms. The number of aryl methyl sites for hydroxylation is 1. The molecule has 0 saturated carbocycles. The zero-order valence-corrected chi connectivity index (χ0v) is 12.8. The molecule has 20 heavy (non-hydrogen) atoms. The number of nitrogens with one attached hydrogen (secondary N) is 2. The Morgan fingerprint density at radius 3 is 2.80 bits per heavy atom. The summed E-state index contributed by atoms with van der Waals surface area (Å²) in [6, 6.07) is 2.18. The second-order valence-electron chi connectivity index (χ2n) is 5.76. The first-order chi connectivity index (χ1) is 9.60. The van der Waals surface area contributed by atoms with Crippen molar-refractivity contribution in [3.8, 4) is 0 Å². The second kappa shape index (κ2) is 6.88. The molecule has 2 heterocycles. The normalized spacial score (nSPS) is 18.2. The van der Waals surface area contributed by atoms with Crippen molar-refractivity contribution in [2.24, 2.45) is 5.92 Å². The topological polar surface area (TPSA) is 61.0 Å². The minimum Gasteiger partial charge on any atom is -0.356 e. The number of piperidine rings is 1. The molecular weight excluding hydrogens is 252 g/mol. The highest BCUT2D eigenvalue weighted by Crippen LogP contribution is 2.23. The van der Waals surface area contributed by atoms with Gasteiger partial charge < -0.3 is 15.2 Å². The highest BCUT2D eigenvalue weighted by molar-refractivity contribution is 5.37. The Bertz CT molecular complexity index is 477. The van der Waals surface area contributed by atoms with Crippen molar-refractivity contribution in [1.29, 1.82) is 0 Å². The van der Waals surface area contributed by atoms with E-state index >= 15 is 0 Å². The molecule has 5 heteroatoms. The monoisotopic (exact) mass is 278 g/mol. The Kier molecular flexibility index (Phi) is 5.17. The van der Waals surface area contributed by atoms with Gasteiger partial charge >= 0.3 is 0 Å². The van der Waals surface area contributed by atoms with E-state index in [1.807, 2.05) is 6.92 Å². The third kappa shape index (κ3) is 3.82. The molecule has 0 bridgehead atoms. The summed E-state index contributed by atoms with van der Waals surface area (Å²) in [5.74, 6) is 2.23. The third-order valence-corrected chi connectivity index (χ3v) is 4.13. The number of nitrogens with zero attached hydrogens (tertiary/aromatic N) is 2. The summed E-state index contributed by atoms with van der Waals surface area (Å²) in [4.78, 5) is 20.9. The summed E-state index contributed by atoms with van der Waals surface area (Å²) in [6.45, 7) is 9.37. The Labute approximate surface area is 120 Å². The lowest BCUT2D eigenvalue weighted by atomic mass is 9.90. The van der Waals surface area contributed by atoms with Gasteiger partial charge in [0.2, 0.25) is 0 Å². The number of hydrogen-bond acceptors (Lipinski definition) is 4. The second-order valence-corrected chi connectivity index (χ2v) is 5.76. The standard InChI is InChI=1S/C15H26N4O/c1-4-7-16-11(2)13-5-8-19(9-6-13)14-10-15(20)18-12(3)17-14/h10-11,13,16H,4-9H2,1-3H3,(H,17,18,20).